The van der Waals surface area contributed by atoms with Crippen LogP contribution in [0.5, 0.6) is 0 Å². The van der Waals surface area contributed by atoms with Gasteiger partial charge in [0.25, 0.3) is 5.91 Å². The van der Waals surface area contributed by atoms with Crippen LogP contribution in [0, 0.1) is 0 Å². The fourth-order valence-electron chi connectivity index (χ4n) is 3.21. The maximum atomic E-state index is 12.4. The summed E-state index contributed by atoms with van der Waals surface area (Å²) in [5.41, 5.74) is 3.48. The lowest BCUT2D eigenvalue weighted by Crippen LogP contribution is -2.17. The van der Waals surface area contributed by atoms with Crippen LogP contribution in [-0.2, 0) is 0 Å². The van der Waals surface area contributed by atoms with Crippen LogP contribution in [0.1, 0.15) is 23.2 Å². The molecule has 2 N–H and O–H groups in total. The van der Waals surface area contributed by atoms with Crippen molar-refractivity contribution in [3.8, 4) is 0 Å². The summed E-state index contributed by atoms with van der Waals surface area (Å²) < 4.78 is 0. The van der Waals surface area contributed by atoms with Gasteiger partial charge in [0.1, 0.15) is 5.82 Å². The number of anilines is 4. The summed E-state index contributed by atoms with van der Waals surface area (Å²) in [6, 6.07) is 21.4. The third-order valence-electron chi connectivity index (χ3n) is 4.67. The Morgan fingerprint density at radius 3 is 2.26 bits per heavy atom. The summed E-state index contributed by atoms with van der Waals surface area (Å²) in [5, 5.41) is 6.13. The van der Waals surface area contributed by atoms with Gasteiger partial charge in [-0.05, 0) is 61.4 Å². The average Bonchev–Trinajstić information content (AvgIpc) is 3.25. The monoisotopic (exact) mass is 358 g/mol. The van der Waals surface area contributed by atoms with Crippen molar-refractivity contribution in [2.75, 3.05) is 28.6 Å². The highest BCUT2D eigenvalue weighted by Gasteiger charge is 2.12. The first-order valence-electron chi connectivity index (χ1n) is 9.22. The van der Waals surface area contributed by atoms with Crippen molar-refractivity contribution in [3.05, 3.63) is 78.5 Å². The predicted molar refractivity (Wildman–Crippen MR) is 110 cm³/mol. The number of pyridine rings is 1. The normalized spacial score (nSPS) is 13.4. The summed E-state index contributed by atoms with van der Waals surface area (Å²) in [7, 11) is 0. The molecule has 1 fully saturated rings. The SMILES string of the molecule is O=C(Nc1ccc(N2CCCC2)cc1)c1ccc(Nc2ccccc2)nc1. The lowest BCUT2D eigenvalue weighted by Gasteiger charge is -2.17. The molecule has 5 nitrogen and oxygen atoms in total. The number of nitrogens with one attached hydrogen (secondary N) is 2. The molecule has 1 aliphatic rings. The molecule has 1 aliphatic heterocycles. The molecule has 3 aromatic rings. The zero-order chi connectivity index (χ0) is 18.5. The number of carbonyl (C=O) groups is 1. The van der Waals surface area contributed by atoms with Crippen LogP contribution in [0.3, 0.4) is 0 Å². The lowest BCUT2D eigenvalue weighted by atomic mass is 10.2. The van der Waals surface area contributed by atoms with Crippen molar-refractivity contribution < 1.29 is 4.79 Å². The van der Waals surface area contributed by atoms with E-state index >= 15 is 0 Å². The van der Waals surface area contributed by atoms with E-state index < -0.39 is 0 Å². The molecule has 0 radical (unpaired) electrons. The van der Waals surface area contributed by atoms with Gasteiger partial charge in [-0.2, -0.15) is 0 Å². The van der Waals surface area contributed by atoms with Gasteiger partial charge in [-0.1, -0.05) is 18.2 Å². The third kappa shape index (κ3) is 4.26. The molecule has 1 aromatic heterocycles. The molecular formula is C22H22N4O. The Morgan fingerprint density at radius 2 is 1.59 bits per heavy atom. The fourth-order valence-corrected chi connectivity index (χ4v) is 3.21. The maximum Gasteiger partial charge on any atom is 0.257 e. The number of hydrogen-bond donors (Lipinski definition) is 2. The van der Waals surface area contributed by atoms with E-state index in [-0.39, 0.29) is 5.91 Å². The van der Waals surface area contributed by atoms with Gasteiger partial charge in [-0.15, -0.1) is 0 Å². The summed E-state index contributed by atoms with van der Waals surface area (Å²) in [6.45, 7) is 2.22. The Balaban J connectivity index is 1.37. The van der Waals surface area contributed by atoms with E-state index in [0.29, 0.717) is 11.4 Å². The standard InChI is InChI=1S/C22H22N4O/c27-22(25-19-9-11-20(12-10-19)26-14-4-5-15-26)17-8-13-21(23-16-17)24-18-6-2-1-3-7-18/h1-3,6-13,16H,4-5,14-15H2,(H,23,24)(H,25,27). The molecule has 1 amide bonds. The van der Waals surface area contributed by atoms with Crippen LogP contribution >= 0.6 is 0 Å². The first-order valence-corrected chi connectivity index (χ1v) is 9.22. The van der Waals surface area contributed by atoms with Gasteiger partial charge in [0.15, 0.2) is 0 Å². The Bertz CT molecular complexity index is 886. The van der Waals surface area contributed by atoms with Crippen LogP contribution in [0.2, 0.25) is 0 Å². The van der Waals surface area contributed by atoms with Crippen molar-refractivity contribution >= 4 is 28.8 Å². The van der Waals surface area contributed by atoms with E-state index in [4.69, 9.17) is 0 Å². The van der Waals surface area contributed by atoms with Crippen molar-refractivity contribution in [3.63, 3.8) is 0 Å². The van der Waals surface area contributed by atoms with Crippen molar-refractivity contribution in [2.24, 2.45) is 0 Å². The Kier molecular flexibility index (Phi) is 5.01. The van der Waals surface area contributed by atoms with Crippen LogP contribution in [0.15, 0.2) is 72.9 Å². The number of benzene rings is 2. The minimum absolute atomic E-state index is 0.164. The van der Waals surface area contributed by atoms with Gasteiger partial charge in [-0.25, -0.2) is 4.98 Å². The highest BCUT2D eigenvalue weighted by molar-refractivity contribution is 6.04. The maximum absolute atomic E-state index is 12.4. The van der Waals surface area contributed by atoms with Gasteiger partial charge in [0.05, 0.1) is 5.56 Å². The molecule has 5 heteroatoms. The zero-order valence-corrected chi connectivity index (χ0v) is 15.1. The number of nitrogens with zero attached hydrogens (tertiary/aromatic N) is 2. The molecule has 2 heterocycles. The van der Waals surface area contributed by atoms with Crippen LogP contribution in [0.4, 0.5) is 22.9 Å². The molecule has 0 aliphatic carbocycles. The average molecular weight is 358 g/mol. The summed E-state index contributed by atoms with van der Waals surface area (Å²) in [5.74, 6) is 0.537. The van der Waals surface area contributed by atoms with Crippen LogP contribution in [-0.4, -0.2) is 24.0 Å². The molecule has 1 saturated heterocycles. The number of para-hydroxylation sites is 1. The first kappa shape index (κ1) is 17.1. The molecular weight excluding hydrogens is 336 g/mol. The quantitative estimate of drug-likeness (QED) is 0.695. The topological polar surface area (TPSA) is 57.3 Å². The predicted octanol–water partition coefficient (Wildman–Crippen LogP) is 4.68. The largest absolute Gasteiger partial charge is 0.372 e. The van der Waals surface area contributed by atoms with Crippen LogP contribution in [0.25, 0.3) is 0 Å². The molecule has 0 saturated carbocycles. The van der Waals surface area contributed by atoms with Crippen molar-refractivity contribution in [1.29, 1.82) is 0 Å². The number of aromatic nitrogens is 1. The highest BCUT2D eigenvalue weighted by Crippen LogP contribution is 2.22. The van der Waals surface area contributed by atoms with Gasteiger partial charge in [0, 0.05) is 36.3 Å². The Hall–Kier alpha value is -3.34. The fraction of sp³-hybridized carbons (Fsp3) is 0.182. The minimum Gasteiger partial charge on any atom is -0.372 e. The molecule has 136 valence electrons. The molecule has 0 bridgehead atoms. The second-order valence-electron chi connectivity index (χ2n) is 6.62. The van der Waals surface area contributed by atoms with Gasteiger partial charge in [0.2, 0.25) is 0 Å². The number of carbonyl (C=O) groups excluding carboxylic acids is 1. The highest BCUT2D eigenvalue weighted by atomic mass is 16.1. The third-order valence-corrected chi connectivity index (χ3v) is 4.67. The molecule has 0 unspecified atom stereocenters. The molecule has 2 aromatic carbocycles. The second-order valence-corrected chi connectivity index (χ2v) is 6.62. The minimum atomic E-state index is -0.164. The zero-order valence-electron chi connectivity index (χ0n) is 15.1. The van der Waals surface area contributed by atoms with E-state index in [0.717, 1.165) is 24.5 Å². The number of amides is 1. The van der Waals surface area contributed by atoms with Gasteiger partial charge >= 0.3 is 0 Å². The van der Waals surface area contributed by atoms with Crippen molar-refractivity contribution in [2.45, 2.75) is 12.8 Å². The second kappa shape index (κ2) is 7.91. The molecule has 0 spiro atoms. The van der Waals surface area contributed by atoms with Gasteiger partial charge < -0.3 is 15.5 Å². The molecule has 27 heavy (non-hydrogen) atoms. The lowest BCUT2D eigenvalue weighted by molar-refractivity contribution is 0.102. The smallest absolute Gasteiger partial charge is 0.257 e. The number of hydrogen-bond acceptors (Lipinski definition) is 4. The number of rotatable bonds is 5. The molecule has 0 atom stereocenters. The van der Waals surface area contributed by atoms with Crippen LogP contribution < -0.4 is 15.5 Å². The summed E-state index contributed by atoms with van der Waals surface area (Å²) in [4.78, 5) is 19.1. The summed E-state index contributed by atoms with van der Waals surface area (Å²) >= 11 is 0. The van der Waals surface area contributed by atoms with E-state index in [1.165, 1.54) is 18.5 Å². The van der Waals surface area contributed by atoms with E-state index in [2.05, 4.69) is 32.7 Å². The first-order chi connectivity index (χ1) is 13.3. The Labute approximate surface area is 159 Å². The molecule has 4 rings (SSSR count). The van der Waals surface area contributed by atoms with E-state index in [9.17, 15) is 4.79 Å². The summed E-state index contributed by atoms with van der Waals surface area (Å²) in [6.07, 6.45) is 4.08. The van der Waals surface area contributed by atoms with Crippen molar-refractivity contribution in [1.82, 2.24) is 4.98 Å². The van der Waals surface area contributed by atoms with Gasteiger partial charge in [-0.3, -0.25) is 4.79 Å². The Morgan fingerprint density at radius 1 is 0.852 bits per heavy atom. The van der Waals surface area contributed by atoms with E-state index in [1.807, 2.05) is 42.5 Å². The van der Waals surface area contributed by atoms with E-state index in [1.54, 1.807) is 18.3 Å².